The standard InChI is InChI=1S/C24H33NO2/c1-18(2)14-15-24(26)27-21(5)25(16-22-12-8-6-10-19(22)3)17-23-13-9-7-11-20(23)4/h6-13,18,21H,14-17H2,1-5H3. The molecule has 0 N–H and O–H groups in total. The zero-order valence-corrected chi connectivity index (χ0v) is 17.4. The molecule has 3 nitrogen and oxygen atoms in total. The SMILES string of the molecule is Cc1ccccc1CN(Cc1ccccc1C)C(C)OC(=O)CCC(C)C. The second-order valence-corrected chi connectivity index (χ2v) is 7.78. The Bertz CT molecular complexity index is 691. The molecule has 1 unspecified atom stereocenters. The summed E-state index contributed by atoms with van der Waals surface area (Å²) in [6.07, 6.45) is 1.06. The van der Waals surface area contributed by atoms with Gasteiger partial charge in [0.15, 0.2) is 6.23 Å². The summed E-state index contributed by atoms with van der Waals surface area (Å²) >= 11 is 0. The van der Waals surface area contributed by atoms with Crippen molar-refractivity contribution < 1.29 is 9.53 Å². The van der Waals surface area contributed by atoms with Crippen LogP contribution in [-0.4, -0.2) is 17.1 Å². The predicted octanol–water partition coefficient (Wildman–Crippen LogP) is 5.63. The highest BCUT2D eigenvalue weighted by molar-refractivity contribution is 5.69. The second-order valence-electron chi connectivity index (χ2n) is 7.78. The summed E-state index contributed by atoms with van der Waals surface area (Å²) in [6.45, 7) is 12.0. The van der Waals surface area contributed by atoms with Crippen LogP contribution in [0, 0.1) is 19.8 Å². The summed E-state index contributed by atoms with van der Waals surface area (Å²) in [4.78, 5) is 14.5. The van der Waals surface area contributed by atoms with Crippen molar-refractivity contribution in [2.45, 2.75) is 66.8 Å². The molecule has 2 aromatic rings. The summed E-state index contributed by atoms with van der Waals surface area (Å²) in [5.74, 6) is 0.388. The molecule has 3 heteroatoms. The molecule has 0 fully saturated rings. The van der Waals surface area contributed by atoms with Gasteiger partial charge in [-0.3, -0.25) is 9.69 Å². The number of esters is 1. The third-order valence-electron chi connectivity index (χ3n) is 5.01. The van der Waals surface area contributed by atoms with Gasteiger partial charge in [-0.15, -0.1) is 0 Å². The largest absolute Gasteiger partial charge is 0.447 e. The van der Waals surface area contributed by atoms with Gasteiger partial charge in [0, 0.05) is 19.5 Å². The molecule has 0 bridgehead atoms. The van der Waals surface area contributed by atoms with Crippen LogP contribution in [0.15, 0.2) is 48.5 Å². The lowest BCUT2D eigenvalue weighted by molar-refractivity contribution is -0.159. The lowest BCUT2D eigenvalue weighted by Crippen LogP contribution is -2.36. The molecule has 0 heterocycles. The first kappa shape index (κ1) is 21.2. The molecule has 146 valence electrons. The molecule has 2 rings (SSSR count). The molecule has 0 saturated heterocycles. The molecular weight excluding hydrogens is 334 g/mol. The Balaban J connectivity index is 2.14. The van der Waals surface area contributed by atoms with Gasteiger partial charge < -0.3 is 4.74 Å². The first-order valence-corrected chi connectivity index (χ1v) is 9.89. The van der Waals surface area contributed by atoms with E-state index in [4.69, 9.17) is 4.74 Å². The molecule has 0 amide bonds. The molecule has 1 atom stereocenters. The number of ether oxygens (including phenoxy) is 1. The topological polar surface area (TPSA) is 29.5 Å². The Morgan fingerprint density at radius 1 is 0.889 bits per heavy atom. The maximum Gasteiger partial charge on any atom is 0.307 e. The van der Waals surface area contributed by atoms with Crippen LogP contribution in [0.2, 0.25) is 0 Å². The van der Waals surface area contributed by atoms with Crippen LogP contribution in [0.4, 0.5) is 0 Å². The molecule has 0 aliphatic rings. The van der Waals surface area contributed by atoms with E-state index in [1.807, 2.05) is 6.92 Å². The summed E-state index contributed by atoms with van der Waals surface area (Å²) in [6, 6.07) is 16.8. The zero-order chi connectivity index (χ0) is 19.8. The molecule has 27 heavy (non-hydrogen) atoms. The minimum absolute atomic E-state index is 0.115. The minimum atomic E-state index is -0.274. The van der Waals surface area contributed by atoms with Crippen molar-refractivity contribution in [2.24, 2.45) is 5.92 Å². The van der Waals surface area contributed by atoms with Crippen molar-refractivity contribution >= 4 is 5.97 Å². The average molecular weight is 368 g/mol. The Labute approximate surface area is 164 Å². The lowest BCUT2D eigenvalue weighted by Gasteiger charge is -2.30. The molecule has 0 radical (unpaired) electrons. The van der Waals surface area contributed by atoms with E-state index in [0.29, 0.717) is 12.3 Å². The van der Waals surface area contributed by atoms with Crippen molar-refractivity contribution in [1.29, 1.82) is 0 Å². The smallest absolute Gasteiger partial charge is 0.307 e. The number of rotatable bonds is 9. The highest BCUT2D eigenvalue weighted by Crippen LogP contribution is 2.19. The van der Waals surface area contributed by atoms with E-state index in [1.165, 1.54) is 22.3 Å². The summed E-state index contributed by atoms with van der Waals surface area (Å²) < 4.78 is 5.77. The van der Waals surface area contributed by atoms with E-state index in [0.717, 1.165) is 19.5 Å². The molecule has 0 aliphatic heterocycles. The van der Waals surface area contributed by atoms with Crippen molar-refractivity contribution in [3.63, 3.8) is 0 Å². The van der Waals surface area contributed by atoms with E-state index in [2.05, 4.69) is 81.1 Å². The second kappa shape index (κ2) is 10.3. The highest BCUT2D eigenvalue weighted by atomic mass is 16.6. The van der Waals surface area contributed by atoms with Crippen LogP contribution < -0.4 is 0 Å². The van der Waals surface area contributed by atoms with Crippen LogP contribution in [0.25, 0.3) is 0 Å². The van der Waals surface area contributed by atoms with Gasteiger partial charge in [-0.1, -0.05) is 62.4 Å². The predicted molar refractivity (Wildman–Crippen MR) is 111 cm³/mol. The lowest BCUT2D eigenvalue weighted by atomic mass is 10.1. The Morgan fingerprint density at radius 2 is 1.37 bits per heavy atom. The first-order chi connectivity index (χ1) is 12.9. The van der Waals surface area contributed by atoms with Gasteiger partial charge in [0.2, 0.25) is 0 Å². The number of benzene rings is 2. The van der Waals surface area contributed by atoms with E-state index in [1.54, 1.807) is 0 Å². The zero-order valence-electron chi connectivity index (χ0n) is 17.4. The van der Waals surface area contributed by atoms with Gasteiger partial charge in [-0.05, 0) is 55.4 Å². The number of carbonyl (C=O) groups is 1. The van der Waals surface area contributed by atoms with Crippen LogP contribution in [0.5, 0.6) is 0 Å². The maximum absolute atomic E-state index is 12.3. The van der Waals surface area contributed by atoms with E-state index < -0.39 is 0 Å². The van der Waals surface area contributed by atoms with Crippen LogP contribution in [0.3, 0.4) is 0 Å². The number of hydrogen-bond donors (Lipinski definition) is 0. The van der Waals surface area contributed by atoms with E-state index in [9.17, 15) is 4.79 Å². The third kappa shape index (κ3) is 6.84. The monoisotopic (exact) mass is 367 g/mol. The molecule has 0 spiro atoms. The van der Waals surface area contributed by atoms with Gasteiger partial charge in [-0.25, -0.2) is 0 Å². The Kier molecular flexibility index (Phi) is 8.05. The van der Waals surface area contributed by atoms with Crippen LogP contribution in [-0.2, 0) is 22.6 Å². The van der Waals surface area contributed by atoms with Crippen LogP contribution >= 0.6 is 0 Å². The molecule has 0 saturated carbocycles. The summed E-state index contributed by atoms with van der Waals surface area (Å²) in [5.41, 5.74) is 5.03. The average Bonchev–Trinajstić information content (AvgIpc) is 2.62. The number of aryl methyl sites for hydroxylation is 2. The molecule has 2 aromatic carbocycles. The quantitative estimate of drug-likeness (QED) is 0.425. The van der Waals surface area contributed by atoms with Gasteiger partial charge in [0.25, 0.3) is 0 Å². The Hall–Kier alpha value is -2.13. The number of hydrogen-bond acceptors (Lipinski definition) is 3. The van der Waals surface area contributed by atoms with E-state index in [-0.39, 0.29) is 12.2 Å². The number of nitrogens with zero attached hydrogens (tertiary/aromatic N) is 1. The van der Waals surface area contributed by atoms with Crippen molar-refractivity contribution in [1.82, 2.24) is 4.90 Å². The van der Waals surface area contributed by atoms with Gasteiger partial charge in [0.1, 0.15) is 0 Å². The van der Waals surface area contributed by atoms with Gasteiger partial charge in [-0.2, -0.15) is 0 Å². The summed E-state index contributed by atoms with van der Waals surface area (Å²) in [7, 11) is 0. The fourth-order valence-corrected chi connectivity index (χ4v) is 3.06. The van der Waals surface area contributed by atoms with Crippen molar-refractivity contribution in [2.75, 3.05) is 0 Å². The summed E-state index contributed by atoms with van der Waals surface area (Å²) in [5, 5.41) is 0. The minimum Gasteiger partial charge on any atom is -0.447 e. The van der Waals surface area contributed by atoms with Crippen molar-refractivity contribution in [3.8, 4) is 0 Å². The highest BCUT2D eigenvalue weighted by Gasteiger charge is 2.20. The van der Waals surface area contributed by atoms with Gasteiger partial charge >= 0.3 is 5.97 Å². The Morgan fingerprint density at radius 3 is 1.81 bits per heavy atom. The van der Waals surface area contributed by atoms with E-state index >= 15 is 0 Å². The van der Waals surface area contributed by atoms with Crippen molar-refractivity contribution in [3.05, 3.63) is 70.8 Å². The first-order valence-electron chi connectivity index (χ1n) is 9.89. The normalized spacial score (nSPS) is 12.4. The van der Waals surface area contributed by atoms with Gasteiger partial charge in [0.05, 0.1) is 0 Å². The third-order valence-corrected chi connectivity index (χ3v) is 5.01. The van der Waals surface area contributed by atoms with Crippen LogP contribution in [0.1, 0.15) is 55.9 Å². The molecule has 0 aliphatic carbocycles. The molecular formula is C24H33NO2. The fourth-order valence-electron chi connectivity index (χ4n) is 3.06. The maximum atomic E-state index is 12.3. The number of carbonyl (C=O) groups excluding carboxylic acids is 1. The molecule has 0 aromatic heterocycles. The fraction of sp³-hybridized carbons (Fsp3) is 0.458.